The number of para-hydroxylation sites is 1. The molecule has 2 N–H and O–H groups in total. The number of amides is 2. The van der Waals surface area contributed by atoms with Crippen molar-refractivity contribution in [2.75, 3.05) is 11.9 Å². The number of carbonyl (C=O) groups excluding carboxylic acids is 2. The zero-order valence-electron chi connectivity index (χ0n) is 16.7. The molecule has 0 saturated heterocycles. The third kappa shape index (κ3) is 4.59. The summed E-state index contributed by atoms with van der Waals surface area (Å²) in [5.41, 5.74) is 0.880. The molecular formula is C24H23FN2O3. The molecule has 1 aliphatic rings. The van der Waals surface area contributed by atoms with E-state index in [1.54, 1.807) is 31.2 Å². The molecular weight excluding hydrogens is 383 g/mol. The maximum Gasteiger partial charge on any atom is 0.253 e. The average Bonchev–Trinajstić information content (AvgIpc) is 3.58. The molecule has 3 aromatic carbocycles. The van der Waals surface area contributed by atoms with Crippen LogP contribution in [0.3, 0.4) is 0 Å². The van der Waals surface area contributed by atoms with Crippen LogP contribution in [0.4, 0.5) is 10.1 Å². The molecule has 1 atom stereocenters. The molecule has 4 rings (SSSR count). The smallest absolute Gasteiger partial charge is 0.253 e. The molecule has 30 heavy (non-hydrogen) atoms. The van der Waals surface area contributed by atoms with Crippen molar-refractivity contribution in [1.29, 1.82) is 0 Å². The third-order valence-corrected chi connectivity index (χ3v) is 5.04. The highest BCUT2D eigenvalue weighted by molar-refractivity contribution is 6.08. The van der Waals surface area contributed by atoms with Crippen LogP contribution in [0.1, 0.15) is 30.1 Å². The Morgan fingerprint density at radius 1 is 1.07 bits per heavy atom. The first-order valence-electron chi connectivity index (χ1n) is 10.0. The van der Waals surface area contributed by atoms with Gasteiger partial charge in [0.05, 0.1) is 17.3 Å². The van der Waals surface area contributed by atoms with Gasteiger partial charge in [0.15, 0.2) is 11.6 Å². The minimum absolute atomic E-state index is 0.0282. The summed E-state index contributed by atoms with van der Waals surface area (Å²) in [4.78, 5) is 25.3. The van der Waals surface area contributed by atoms with Gasteiger partial charge in [0.1, 0.15) is 6.61 Å². The van der Waals surface area contributed by atoms with Crippen LogP contribution < -0.4 is 15.4 Å². The minimum Gasteiger partial charge on any atom is -0.488 e. The Kier molecular flexibility index (Phi) is 5.65. The highest BCUT2D eigenvalue weighted by Gasteiger charge is 2.30. The number of carbonyl (C=O) groups is 2. The lowest BCUT2D eigenvalue weighted by molar-refractivity contribution is -0.117. The van der Waals surface area contributed by atoms with E-state index in [0.29, 0.717) is 11.3 Å². The number of rotatable bonds is 7. The maximum absolute atomic E-state index is 13.7. The van der Waals surface area contributed by atoms with Gasteiger partial charge < -0.3 is 15.4 Å². The Morgan fingerprint density at radius 3 is 2.43 bits per heavy atom. The quantitative estimate of drug-likeness (QED) is 0.606. The van der Waals surface area contributed by atoms with Crippen molar-refractivity contribution in [3.8, 4) is 5.75 Å². The highest BCUT2D eigenvalue weighted by Crippen LogP contribution is 2.32. The van der Waals surface area contributed by atoms with Crippen molar-refractivity contribution in [3.63, 3.8) is 0 Å². The van der Waals surface area contributed by atoms with Gasteiger partial charge in [-0.2, -0.15) is 0 Å². The van der Waals surface area contributed by atoms with E-state index in [4.69, 9.17) is 4.74 Å². The Hall–Kier alpha value is -3.41. The first kappa shape index (κ1) is 19.9. The van der Waals surface area contributed by atoms with Gasteiger partial charge in [0.25, 0.3) is 5.91 Å². The fraction of sp³-hybridized carbons (Fsp3) is 0.250. The number of fused-ring (bicyclic) bond motifs is 1. The Balaban J connectivity index is 1.50. The minimum atomic E-state index is -0.448. The third-order valence-electron chi connectivity index (χ3n) is 5.04. The Bertz CT molecular complexity index is 1090. The Morgan fingerprint density at radius 2 is 1.73 bits per heavy atom. The van der Waals surface area contributed by atoms with Gasteiger partial charge in [-0.25, -0.2) is 4.39 Å². The molecule has 6 heteroatoms. The van der Waals surface area contributed by atoms with Crippen LogP contribution in [0.5, 0.6) is 5.75 Å². The van der Waals surface area contributed by atoms with Crippen molar-refractivity contribution in [3.05, 3.63) is 72.0 Å². The van der Waals surface area contributed by atoms with E-state index in [1.165, 1.54) is 6.07 Å². The van der Waals surface area contributed by atoms with Gasteiger partial charge in [-0.15, -0.1) is 0 Å². The van der Waals surface area contributed by atoms with Gasteiger partial charge in [-0.3, -0.25) is 9.59 Å². The second-order valence-corrected chi connectivity index (χ2v) is 7.62. The number of nitrogens with one attached hydrogen (secondary N) is 2. The van der Waals surface area contributed by atoms with E-state index in [-0.39, 0.29) is 36.1 Å². The van der Waals surface area contributed by atoms with Crippen molar-refractivity contribution >= 4 is 28.3 Å². The lowest BCUT2D eigenvalue weighted by Crippen LogP contribution is -2.37. The standard InChI is InChI=1S/C24H23FN2O3/c1-15(14-30-22-9-5-4-8-20(22)25)26-24(29)19-12-17-6-2-3-7-18(17)13-21(19)27-23(28)16-10-11-16/h2-9,12-13,15-16H,10-11,14H2,1H3,(H,26,29)(H,27,28). The van der Waals surface area contributed by atoms with E-state index in [1.807, 2.05) is 30.3 Å². The summed E-state index contributed by atoms with van der Waals surface area (Å²) in [6.45, 7) is 1.90. The zero-order chi connectivity index (χ0) is 21.1. The molecule has 0 bridgehead atoms. The van der Waals surface area contributed by atoms with Gasteiger partial charge in [0.2, 0.25) is 5.91 Å². The predicted molar refractivity (Wildman–Crippen MR) is 114 cm³/mol. The van der Waals surface area contributed by atoms with Gasteiger partial charge in [-0.05, 0) is 54.8 Å². The number of ether oxygens (including phenoxy) is 1. The second-order valence-electron chi connectivity index (χ2n) is 7.62. The first-order valence-corrected chi connectivity index (χ1v) is 10.0. The molecule has 0 spiro atoms. The second kappa shape index (κ2) is 8.53. The maximum atomic E-state index is 13.7. The largest absolute Gasteiger partial charge is 0.488 e. The fourth-order valence-corrected chi connectivity index (χ4v) is 3.23. The number of halogens is 1. The van der Waals surface area contributed by atoms with E-state index < -0.39 is 5.82 Å². The summed E-state index contributed by atoms with van der Waals surface area (Å²) in [5, 5.41) is 7.62. The molecule has 0 aliphatic heterocycles. The zero-order valence-corrected chi connectivity index (χ0v) is 16.7. The van der Waals surface area contributed by atoms with Crippen LogP contribution in [0, 0.1) is 11.7 Å². The van der Waals surface area contributed by atoms with Crippen LogP contribution in [-0.2, 0) is 4.79 Å². The molecule has 2 amide bonds. The van der Waals surface area contributed by atoms with E-state index in [0.717, 1.165) is 23.6 Å². The van der Waals surface area contributed by atoms with Crippen LogP contribution in [0.25, 0.3) is 10.8 Å². The molecule has 3 aromatic rings. The number of hydrogen-bond acceptors (Lipinski definition) is 3. The summed E-state index contributed by atoms with van der Waals surface area (Å²) in [5.74, 6) is -0.662. The van der Waals surface area contributed by atoms with E-state index >= 15 is 0 Å². The van der Waals surface area contributed by atoms with E-state index in [2.05, 4.69) is 10.6 Å². The normalized spacial score (nSPS) is 14.2. The molecule has 0 heterocycles. The molecule has 5 nitrogen and oxygen atoms in total. The lowest BCUT2D eigenvalue weighted by atomic mass is 10.0. The number of hydrogen-bond donors (Lipinski definition) is 2. The van der Waals surface area contributed by atoms with E-state index in [9.17, 15) is 14.0 Å². The molecule has 1 unspecified atom stereocenters. The average molecular weight is 406 g/mol. The summed E-state index contributed by atoms with van der Waals surface area (Å²) in [6.07, 6.45) is 1.76. The van der Waals surface area contributed by atoms with Gasteiger partial charge >= 0.3 is 0 Å². The Labute approximate surface area is 174 Å². The summed E-state index contributed by atoms with van der Waals surface area (Å²) in [7, 11) is 0. The molecule has 1 aliphatic carbocycles. The molecule has 1 fully saturated rings. The lowest BCUT2D eigenvalue weighted by Gasteiger charge is -2.18. The van der Waals surface area contributed by atoms with Crippen molar-refractivity contribution in [1.82, 2.24) is 5.32 Å². The monoisotopic (exact) mass is 406 g/mol. The van der Waals surface area contributed by atoms with Crippen LogP contribution in [0.15, 0.2) is 60.7 Å². The van der Waals surface area contributed by atoms with Crippen LogP contribution >= 0.6 is 0 Å². The highest BCUT2D eigenvalue weighted by atomic mass is 19.1. The van der Waals surface area contributed by atoms with Crippen molar-refractivity contribution in [2.24, 2.45) is 5.92 Å². The van der Waals surface area contributed by atoms with Crippen LogP contribution in [-0.4, -0.2) is 24.5 Å². The summed E-state index contributed by atoms with van der Waals surface area (Å²) in [6, 6.07) is 17.0. The molecule has 1 saturated carbocycles. The summed E-state index contributed by atoms with van der Waals surface area (Å²) >= 11 is 0. The van der Waals surface area contributed by atoms with Crippen LogP contribution in [0.2, 0.25) is 0 Å². The molecule has 0 aromatic heterocycles. The first-order chi connectivity index (χ1) is 14.5. The number of benzene rings is 3. The SMILES string of the molecule is CC(COc1ccccc1F)NC(=O)c1cc2ccccc2cc1NC(=O)C1CC1. The molecule has 154 valence electrons. The summed E-state index contributed by atoms with van der Waals surface area (Å²) < 4.78 is 19.2. The predicted octanol–water partition coefficient (Wildman–Crippen LogP) is 4.52. The van der Waals surface area contributed by atoms with Crippen molar-refractivity contribution < 1.29 is 18.7 Å². The number of anilines is 1. The topological polar surface area (TPSA) is 67.4 Å². The molecule has 0 radical (unpaired) electrons. The fourth-order valence-electron chi connectivity index (χ4n) is 3.23. The van der Waals surface area contributed by atoms with Gasteiger partial charge in [0, 0.05) is 5.92 Å². The van der Waals surface area contributed by atoms with Gasteiger partial charge in [-0.1, -0.05) is 36.4 Å². The van der Waals surface area contributed by atoms with Crippen molar-refractivity contribution in [2.45, 2.75) is 25.8 Å².